The number of unbranched alkanes of at least 4 members (excludes halogenated alkanes) is 1. The summed E-state index contributed by atoms with van der Waals surface area (Å²) in [6.45, 7) is 2.41. The number of carbonyl (C=O) groups excluding carboxylic acids is 1. The van der Waals surface area contributed by atoms with Crippen molar-refractivity contribution in [3.05, 3.63) is 23.8 Å². The van der Waals surface area contributed by atoms with E-state index < -0.39 is 0 Å². The Labute approximate surface area is 118 Å². The van der Waals surface area contributed by atoms with E-state index in [2.05, 4.69) is 5.32 Å². The zero-order valence-corrected chi connectivity index (χ0v) is 11.7. The minimum Gasteiger partial charge on any atom is -0.506 e. The van der Waals surface area contributed by atoms with E-state index in [-0.39, 0.29) is 17.3 Å². The van der Waals surface area contributed by atoms with Gasteiger partial charge in [-0.15, -0.1) is 0 Å². The largest absolute Gasteiger partial charge is 0.506 e. The molecule has 0 spiro atoms. The monoisotopic (exact) mass is 282 g/mol. The number of hydrogen-bond donors (Lipinski definition) is 3. The molecule has 0 unspecified atom stereocenters. The number of phenols is 1. The topological polar surface area (TPSA) is 93.8 Å². The molecule has 0 heterocycles. The number of aromatic hydroxyl groups is 1. The maximum atomic E-state index is 11.8. The first kappa shape index (κ1) is 16.3. The Bertz CT molecular complexity index is 424. The summed E-state index contributed by atoms with van der Waals surface area (Å²) in [6, 6.07) is 4.45. The molecule has 20 heavy (non-hydrogen) atoms. The Morgan fingerprint density at radius 2 is 2.10 bits per heavy atom. The standard InChI is InChI=1S/C14H22N2O4/c1-19-8-9-20-7-3-2-6-16-14(18)11-4-5-12(15)13(17)10-11/h4-5,10,17H,2-3,6-9,15H2,1H3,(H,16,18). The highest BCUT2D eigenvalue weighted by atomic mass is 16.5. The molecule has 0 aliphatic carbocycles. The van der Waals surface area contributed by atoms with Crippen molar-refractivity contribution in [1.29, 1.82) is 0 Å². The first-order valence-corrected chi connectivity index (χ1v) is 6.58. The van der Waals surface area contributed by atoms with Gasteiger partial charge in [0.05, 0.1) is 18.9 Å². The molecule has 1 aromatic rings. The van der Waals surface area contributed by atoms with Gasteiger partial charge in [-0.25, -0.2) is 0 Å². The van der Waals surface area contributed by atoms with Crippen LogP contribution in [0, 0.1) is 0 Å². The van der Waals surface area contributed by atoms with E-state index in [1.807, 2.05) is 0 Å². The fraction of sp³-hybridized carbons (Fsp3) is 0.500. The number of carbonyl (C=O) groups is 1. The van der Waals surface area contributed by atoms with Crippen LogP contribution in [0.2, 0.25) is 0 Å². The van der Waals surface area contributed by atoms with Gasteiger partial charge in [0.1, 0.15) is 5.75 Å². The van der Waals surface area contributed by atoms with Crippen LogP contribution in [0.25, 0.3) is 0 Å². The van der Waals surface area contributed by atoms with Crippen molar-refractivity contribution >= 4 is 11.6 Å². The molecule has 4 N–H and O–H groups in total. The number of methoxy groups -OCH3 is 1. The van der Waals surface area contributed by atoms with E-state index in [9.17, 15) is 9.90 Å². The third-order valence-electron chi connectivity index (χ3n) is 2.73. The Hall–Kier alpha value is -1.79. The molecule has 0 fully saturated rings. The van der Waals surface area contributed by atoms with Gasteiger partial charge in [0.25, 0.3) is 5.91 Å². The number of nitrogens with one attached hydrogen (secondary N) is 1. The predicted octanol–water partition coefficient (Wildman–Crippen LogP) is 1.15. The van der Waals surface area contributed by atoms with Gasteiger partial charge in [0, 0.05) is 25.8 Å². The number of anilines is 1. The van der Waals surface area contributed by atoms with Crippen molar-refractivity contribution in [1.82, 2.24) is 5.32 Å². The molecule has 112 valence electrons. The second-order valence-corrected chi connectivity index (χ2v) is 4.34. The van der Waals surface area contributed by atoms with E-state index >= 15 is 0 Å². The number of nitrogens with two attached hydrogens (primary N) is 1. The van der Waals surface area contributed by atoms with Crippen LogP contribution in [-0.4, -0.2) is 44.5 Å². The van der Waals surface area contributed by atoms with Crippen LogP contribution in [0.5, 0.6) is 5.75 Å². The van der Waals surface area contributed by atoms with Crippen LogP contribution in [0.4, 0.5) is 5.69 Å². The van der Waals surface area contributed by atoms with Gasteiger partial charge in [0.2, 0.25) is 0 Å². The number of amides is 1. The molecule has 0 saturated heterocycles. The lowest BCUT2D eigenvalue weighted by molar-refractivity contribution is 0.0686. The zero-order chi connectivity index (χ0) is 14.8. The SMILES string of the molecule is COCCOCCCCNC(=O)c1ccc(N)c(O)c1. The molecule has 0 saturated carbocycles. The number of hydrogen-bond acceptors (Lipinski definition) is 5. The van der Waals surface area contributed by atoms with E-state index in [1.54, 1.807) is 13.2 Å². The number of ether oxygens (including phenoxy) is 2. The molecule has 1 amide bonds. The number of benzene rings is 1. The van der Waals surface area contributed by atoms with Crippen LogP contribution in [0.1, 0.15) is 23.2 Å². The lowest BCUT2D eigenvalue weighted by Gasteiger charge is -2.07. The Kier molecular flexibility index (Phi) is 7.46. The van der Waals surface area contributed by atoms with Crippen LogP contribution < -0.4 is 11.1 Å². The van der Waals surface area contributed by atoms with Gasteiger partial charge in [-0.1, -0.05) is 0 Å². The summed E-state index contributed by atoms with van der Waals surface area (Å²) in [5, 5.41) is 12.2. The molecule has 6 heteroatoms. The highest BCUT2D eigenvalue weighted by Gasteiger charge is 2.07. The van der Waals surface area contributed by atoms with Gasteiger partial charge >= 0.3 is 0 Å². The van der Waals surface area contributed by atoms with E-state index in [1.165, 1.54) is 12.1 Å². The summed E-state index contributed by atoms with van der Waals surface area (Å²) >= 11 is 0. The third kappa shape index (κ3) is 5.90. The maximum Gasteiger partial charge on any atom is 0.251 e. The minimum atomic E-state index is -0.222. The molecular weight excluding hydrogens is 260 g/mol. The first-order chi connectivity index (χ1) is 9.65. The predicted molar refractivity (Wildman–Crippen MR) is 76.8 cm³/mol. The third-order valence-corrected chi connectivity index (χ3v) is 2.73. The molecule has 0 aromatic heterocycles. The van der Waals surface area contributed by atoms with Crippen molar-refractivity contribution in [3.63, 3.8) is 0 Å². The molecule has 0 atom stereocenters. The van der Waals surface area contributed by atoms with E-state index in [0.717, 1.165) is 12.8 Å². The summed E-state index contributed by atoms with van der Waals surface area (Å²) in [5.41, 5.74) is 6.13. The lowest BCUT2D eigenvalue weighted by atomic mass is 10.2. The Balaban J connectivity index is 2.15. The normalized spacial score (nSPS) is 10.4. The molecule has 1 aromatic carbocycles. The maximum absolute atomic E-state index is 11.8. The second kappa shape index (κ2) is 9.17. The minimum absolute atomic E-state index is 0.0795. The van der Waals surface area contributed by atoms with Crippen molar-refractivity contribution in [3.8, 4) is 5.75 Å². The molecule has 0 radical (unpaired) electrons. The fourth-order valence-electron chi connectivity index (χ4n) is 1.56. The molecule has 0 aliphatic rings. The second-order valence-electron chi connectivity index (χ2n) is 4.34. The lowest BCUT2D eigenvalue weighted by Crippen LogP contribution is -2.24. The number of phenolic OH excluding ortho intramolecular Hbond substituents is 1. The van der Waals surface area contributed by atoms with Gasteiger partial charge in [0.15, 0.2) is 0 Å². The quantitative estimate of drug-likeness (QED) is 0.359. The number of nitrogen functional groups attached to an aromatic ring is 1. The van der Waals surface area contributed by atoms with Crippen molar-refractivity contribution in [2.24, 2.45) is 0 Å². The van der Waals surface area contributed by atoms with Crippen LogP contribution in [0.15, 0.2) is 18.2 Å². The van der Waals surface area contributed by atoms with E-state index in [4.69, 9.17) is 15.2 Å². The van der Waals surface area contributed by atoms with Gasteiger partial charge in [-0.2, -0.15) is 0 Å². The molecular formula is C14H22N2O4. The molecule has 0 aliphatic heterocycles. The zero-order valence-electron chi connectivity index (χ0n) is 11.7. The first-order valence-electron chi connectivity index (χ1n) is 6.58. The smallest absolute Gasteiger partial charge is 0.251 e. The average Bonchev–Trinajstić information content (AvgIpc) is 2.44. The molecule has 1 rings (SSSR count). The summed E-state index contributed by atoms with van der Waals surface area (Å²) in [4.78, 5) is 11.8. The van der Waals surface area contributed by atoms with Gasteiger partial charge < -0.3 is 25.6 Å². The van der Waals surface area contributed by atoms with Crippen LogP contribution in [0.3, 0.4) is 0 Å². The molecule has 0 bridgehead atoms. The summed E-state index contributed by atoms with van der Waals surface area (Å²) in [5.74, 6) is -0.301. The van der Waals surface area contributed by atoms with E-state index in [0.29, 0.717) is 31.9 Å². The fourth-order valence-corrected chi connectivity index (χ4v) is 1.56. The van der Waals surface area contributed by atoms with Crippen molar-refractivity contribution < 1.29 is 19.4 Å². The van der Waals surface area contributed by atoms with Crippen LogP contribution >= 0.6 is 0 Å². The summed E-state index contributed by atoms with van der Waals surface area (Å²) in [6.07, 6.45) is 1.71. The summed E-state index contributed by atoms with van der Waals surface area (Å²) < 4.78 is 10.2. The van der Waals surface area contributed by atoms with Crippen molar-refractivity contribution in [2.75, 3.05) is 39.2 Å². The van der Waals surface area contributed by atoms with Crippen molar-refractivity contribution in [2.45, 2.75) is 12.8 Å². The van der Waals surface area contributed by atoms with Crippen LogP contribution in [-0.2, 0) is 9.47 Å². The average molecular weight is 282 g/mol. The van der Waals surface area contributed by atoms with Gasteiger partial charge in [-0.05, 0) is 31.0 Å². The Morgan fingerprint density at radius 1 is 1.30 bits per heavy atom. The van der Waals surface area contributed by atoms with Gasteiger partial charge in [-0.3, -0.25) is 4.79 Å². The summed E-state index contributed by atoms with van der Waals surface area (Å²) in [7, 11) is 1.63. The highest BCUT2D eigenvalue weighted by Crippen LogP contribution is 2.20. The molecule has 6 nitrogen and oxygen atoms in total. The highest BCUT2D eigenvalue weighted by molar-refractivity contribution is 5.95. The number of rotatable bonds is 9. The Morgan fingerprint density at radius 3 is 2.80 bits per heavy atom.